The lowest BCUT2D eigenvalue weighted by atomic mass is 10.1. The summed E-state index contributed by atoms with van der Waals surface area (Å²) in [6.45, 7) is 1.74. The summed E-state index contributed by atoms with van der Waals surface area (Å²) >= 11 is 0. The molecule has 0 radical (unpaired) electrons. The first-order valence-corrected chi connectivity index (χ1v) is 6.13. The van der Waals surface area contributed by atoms with Crippen LogP contribution in [0.25, 0.3) is 0 Å². The Morgan fingerprint density at radius 2 is 2.00 bits per heavy atom. The number of hydrogen-bond donors (Lipinski definition) is 0. The molecule has 5 nitrogen and oxygen atoms in total. The van der Waals surface area contributed by atoms with Crippen molar-refractivity contribution in [1.29, 1.82) is 0 Å². The molecule has 1 amide bonds. The van der Waals surface area contributed by atoms with E-state index in [1.165, 1.54) is 0 Å². The number of carbonyl (C=O) groups excluding carboxylic acids is 2. The summed E-state index contributed by atoms with van der Waals surface area (Å²) in [5.74, 6) is -0.00935. The fourth-order valence-corrected chi connectivity index (χ4v) is 2.31. The molecule has 1 aliphatic heterocycles. The number of aldehydes is 1. The van der Waals surface area contributed by atoms with Crippen molar-refractivity contribution in [2.75, 3.05) is 6.54 Å². The highest BCUT2D eigenvalue weighted by Crippen LogP contribution is 2.17. The average Bonchev–Trinajstić information content (AvgIpc) is 2.89. The first-order valence-electron chi connectivity index (χ1n) is 6.13. The van der Waals surface area contributed by atoms with E-state index in [1.54, 1.807) is 23.4 Å². The maximum absolute atomic E-state index is 12.3. The van der Waals surface area contributed by atoms with E-state index in [0.29, 0.717) is 30.9 Å². The van der Waals surface area contributed by atoms with Crippen molar-refractivity contribution in [2.24, 2.45) is 0 Å². The Morgan fingerprint density at radius 3 is 2.74 bits per heavy atom. The van der Waals surface area contributed by atoms with Crippen LogP contribution in [-0.4, -0.2) is 33.2 Å². The molecular weight excluding hydrogens is 242 g/mol. The second-order valence-electron chi connectivity index (χ2n) is 4.48. The van der Waals surface area contributed by atoms with Gasteiger partial charge in [0.2, 0.25) is 0 Å². The lowest BCUT2D eigenvalue weighted by Gasteiger charge is -2.28. The van der Waals surface area contributed by atoms with E-state index >= 15 is 0 Å². The van der Waals surface area contributed by atoms with Crippen LogP contribution in [0.2, 0.25) is 0 Å². The number of carbonyl (C=O) groups is 2. The van der Waals surface area contributed by atoms with Gasteiger partial charge in [-0.25, -0.2) is 4.98 Å². The van der Waals surface area contributed by atoms with Gasteiger partial charge in [0, 0.05) is 18.7 Å². The molecule has 1 aliphatic rings. The zero-order valence-corrected chi connectivity index (χ0v) is 10.3. The van der Waals surface area contributed by atoms with Crippen LogP contribution in [0.4, 0.5) is 0 Å². The summed E-state index contributed by atoms with van der Waals surface area (Å²) in [6.07, 6.45) is 2.39. The number of benzene rings is 1. The summed E-state index contributed by atoms with van der Waals surface area (Å²) in [4.78, 5) is 29.0. The minimum atomic E-state index is -0.00935. The molecule has 0 fully saturated rings. The average molecular weight is 255 g/mol. The number of nitrogens with zero attached hydrogens (tertiary/aromatic N) is 3. The summed E-state index contributed by atoms with van der Waals surface area (Å²) in [5.41, 5.74) is 1.90. The minimum Gasteiger partial charge on any atom is -0.331 e. The molecule has 19 heavy (non-hydrogen) atoms. The van der Waals surface area contributed by atoms with Crippen molar-refractivity contribution in [1.82, 2.24) is 14.5 Å². The molecule has 0 saturated carbocycles. The highest BCUT2D eigenvalue weighted by atomic mass is 16.2. The number of imidazole rings is 1. The molecule has 2 aromatic rings. The van der Waals surface area contributed by atoms with E-state index in [0.717, 1.165) is 12.0 Å². The van der Waals surface area contributed by atoms with Gasteiger partial charge in [-0.1, -0.05) is 18.2 Å². The van der Waals surface area contributed by atoms with E-state index < -0.39 is 0 Å². The second-order valence-corrected chi connectivity index (χ2v) is 4.48. The summed E-state index contributed by atoms with van der Waals surface area (Å²) in [6, 6.07) is 9.17. The van der Waals surface area contributed by atoms with Crippen LogP contribution in [-0.2, 0) is 13.1 Å². The molecule has 0 aliphatic carbocycles. The van der Waals surface area contributed by atoms with Gasteiger partial charge in [0.1, 0.15) is 5.69 Å². The Kier molecular flexibility index (Phi) is 2.87. The first kappa shape index (κ1) is 11.6. The predicted octanol–water partition coefficient (Wildman–Crippen LogP) is 1.35. The van der Waals surface area contributed by atoms with Crippen molar-refractivity contribution < 1.29 is 9.59 Å². The van der Waals surface area contributed by atoms with Crippen molar-refractivity contribution in [3.05, 3.63) is 53.6 Å². The number of amides is 1. The molecule has 0 bridgehead atoms. The van der Waals surface area contributed by atoms with Crippen molar-refractivity contribution >= 4 is 12.2 Å². The molecule has 96 valence electrons. The molecule has 0 atom stereocenters. The largest absolute Gasteiger partial charge is 0.331 e. The van der Waals surface area contributed by atoms with E-state index in [-0.39, 0.29) is 5.91 Å². The third-order valence-corrected chi connectivity index (χ3v) is 3.35. The highest BCUT2D eigenvalue weighted by molar-refractivity contribution is 5.94. The maximum Gasteiger partial charge on any atom is 0.254 e. The molecule has 0 saturated heterocycles. The van der Waals surface area contributed by atoms with Crippen LogP contribution in [0, 0.1) is 0 Å². The van der Waals surface area contributed by atoms with Crippen LogP contribution >= 0.6 is 0 Å². The highest BCUT2D eigenvalue weighted by Gasteiger charge is 2.24. The number of fused-ring (bicyclic) bond motifs is 1. The quantitative estimate of drug-likeness (QED) is 0.761. The van der Waals surface area contributed by atoms with Gasteiger partial charge in [-0.2, -0.15) is 0 Å². The van der Waals surface area contributed by atoms with E-state index in [1.807, 2.05) is 22.8 Å². The Labute approximate surface area is 110 Å². The molecule has 5 heteroatoms. The predicted molar refractivity (Wildman–Crippen MR) is 68.8 cm³/mol. The van der Waals surface area contributed by atoms with Gasteiger partial charge in [-0.05, 0) is 12.1 Å². The first-order chi connectivity index (χ1) is 9.29. The van der Waals surface area contributed by atoms with Gasteiger partial charge in [0.15, 0.2) is 6.29 Å². The lowest BCUT2D eigenvalue weighted by Crippen LogP contribution is -2.38. The Bertz CT molecular complexity index is 619. The van der Waals surface area contributed by atoms with Crippen LogP contribution in [0.3, 0.4) is 0 Å². The lowest BCUT2D eigenvalue weighted by molar-refractivity contribution is 0.0709. The second kappa shape index (κ2) is 4.68. The van der Waals surface area contributed by atoms with Crippen LogP contribution in [0.15, 0.2) is 36.7 Å². The monoisotopic (exact) mass is 255 g/mol. The van der Waals surface area contributed by atoms with Gasteiger partial charge >= 0.3 is 0 Å². The maximum atomic E-state index is 12.3. The smallest absolute Gasteiger partial charge is 0.254 e. The standard InChI is InChI=1S/C14H13N3O2/c18-9-12-13-8-16(6-7-17(13)10-15-12)14(19)11-4-2-1-3-5-11/h1-5,9-10H,6-8H2. The van der Waals surface area contributed by atoms with E-state index in [4.69, 9.17) is 0 Å². The third kappa shape index (κ3) is 2.03. The summed E-state index contributed by atoms with van der Waals surface area (Å²) < 4.78 is 1.93. The molecule has 3 rings (SSSR count). The van der Waals surface area contributed by atoms with Crippen molar-refractivity contribution in [3.8, 4) is 0 Å². The number of aromatic nitrogens is 2. The SMILES string of the molecule is O=Cc1ncn2c1CN(C(=O)c1ccccc1)CC2. The van der Waals surface area contributed by atoms with Crippen LogP contribution < -0.4 is 0 Å². The van der Waals surface area contributed by atoms with Gasteiger partial charge in [-0.3, -0.25) is 9.59 Å². The van der Waals surface area contributed by atoms with Gasteiger partial charge < -0.3 is 9.47 Å². The fourth-order valence-electron chi connectivity index (χ4n) is 2.31. The molecule has 0 unspecified atom stereocenters. The molecule has 1 aromatic carbocycles. The third-order valence-electron chi connectivity index (χ3n) is 3.35. The van der Waals surface area contributed by atoms with Crippen molar-refractivity contribution in [3.63, 3.8) is 0 Å². The summed E-state index contributed by atoms with van der Waals surface area (Å²) in [5, 5.41) is 0. The molecule has 1 aromatic heterocycles. The van der Waals surface area contributed by atoms with E-state index in [2.05, 4.69) is 4.98 Å². The Morgan fingerprint density at radius 1 is 1.21 bits per heavy atom. The molecular formula is C14H13N3O2. The topological polar surface area (TPSA) is 55.2 Å². The normalized spacial score (nSPS) is 14.0. The van der Waals surface area contributed by atoms with Gasteiger partial charge in [0.05, 0.1) is 18.6 Å². The number of rotatable bonds is 2. The zero-order valence-electron chi connectivity index (χ0n) is 10.3. The van der Waals surface area contributed by atoms with E-state index in [9.17, 15) is 9.59 Å². The van der Waals surface area contributed by atoms with Crippen molar-refractivity contribution in [2.45, 2.75) is 13.1 Å². The molecule has 2 heterocycles. The Hall–Kier alpha value is -2.43. The molecule has 0 N–H and O–H groups in total. The fraction of sp³-hybridized carbons (Fsp3) is 0.214. The van der Waals surface area contributed by atoms with Gasteiger partial charge in [-0.15, -0.1) is 0 Å². The number of hydrogen-bond acceptors (Lipinski definition) is 3. The van der Waals surface area contributed by atoms with Crippen LogP contribution in [0.1, 0.15) is 26.5 Å². The zero-order chi connectivity index (χ0) is 13.2. The van der Waals surface area contributed by atoms with Crippen LogP contribution in [0.5, 0.6) is 0 Å². The Balaban J connectivity index is 1.86. The minimum absolute atomic E-state index is 0.00935. The molecule has 0 spiro atoms. The van der Waals surface area contributed by atoms with Gasteiger partial charge in [0.25, 0.3) is 5.91 Å². The summed E-state index contributed by atoms with van der Waals surface area (Å²) in [7, 11) is 0.